The van der Waals surface area contributed by atoms with Gasteiger partial charge < -0.3 is 8.39 Å². The zero-order chi connectivity index (χ0) is 28.8. The molecule has 0 aliphatic rings. The van der Waals surface area contributed by atoms with Crippen LogP contribution in [0.15, 0.2) is 130 Å². The minimum absolute atomic E-state index is 0.224. The molecule has 0 saturated carbocycles. The number of hydrogen-bond donors (Lipinski definition) is 0. The Morgan fingerprint density at radius 3 is 1.29 bits per heavy atom. The van der Waals surface area contributed by atoms with E-state index in [0.717, 1.165) is 55.0 Å². The fraction of sp³-hybridized carbons (Fsp3) is 0.158. The van der Waals surface area contributed by atoms with Crippen molar-refractivity contribution in [1.29, 1.82) is 0 Å². The van der Waals surface area contributed by atoms with Gasteiger partial charge in [-0.3, -0.25) is 0 Å². The highest BCUT2D eigenvalue weighted by Crippen LogP contribution is 2.48. The molecule has 0 amide bonds. The molecule has 42 heavy (non-hydrogen) atoms. The molecular weight excluding hydrogens is 533 g/mol. The lowest BCUT2D eigenvalue weighted by molar-refractivity contribution is 0.571. The minimum Gasteiger partial charge on any atom is -0.407 e. The van der Waals surface area contributed by atoms with E-state index in [1.165, 1.54) is 10.8 Å². The van der Waals surface area contributed by atoms with Crippen LogP contribution in [0, 0.1) is 0 Å². The van der Waals surface area contributed by atoms with E-state index >= 15 is 0 Å². The molecule has 0 unspecified atom stereocenters. The Hall–Kier alpha value is -4.30. The number of fused-ring (bicyclic) bond motifs is 7. The van der Waals surface area contributed by atoms with Crippen LogP contribution in [0.5, 0.6) is 0 Å². The van der Waals surface area contributed by atoms with E-state index in [-0.39, 0.29) is 12.1 Å². The summed E-state index contributed by atoms with van der Waals surface area (Å²) < 4.78 is 16.8. The average Bonchev–Trinajstić information content (AvgIpc) is 3.18. The fourth-order valence-electron chi connectivity index (χ4n) is 6.25. The summed E-state index contributed by atoms with van der Waals surface area (Å²) in [6.45, 7) is 8.88. The van der Waals surface area contributed by atoms with E-state index in [0.29, 0.717) is 0 Å². The molecule has 7 aromatic rings. The molecule has 1 heterocycles. The third-order valence-corrected chi connectivity index (χ3v) is 9.99. The first-order valence-corrected chi connectivity index (χ1v) is 15.8. The monoisotopic (exact) mass is 567 g/mol. The Balaban J connectivity index is 1.83. The second-order valence-electron chi connectivity index (χ2n) is 11.4. The van der Waals surface area contributed by atoms with Gasteiger partial charge in [0.25, 0.3) is 0 Å². The third kappa shape index (κ3) is 4.50. The molecule has 0 aliphatic heterocycles. The van der Waals surface area contributed by atoms with Gasteiger partial charge in [0.15, 0.2) is 11.2 Å². The lowest BCUT2D eigenvalue weighted by atomic mass is 9.91. The maximum atomic E-state index is 7.23. The van der Waals surface area contributed by atoms with Crippen molar-refractivity contribution >= 4 is 51.6 Å². The van der Waals surface area contributed by atoms with Gasteiger partial charge in [-0.2, -0.15) is 4.67 Å². The van der Waals surface area contributed by atoms with E-state index in [1.807, 2.05) is 0 Å². The van der Waals surface area contributed by atoms with Crippen LogP contribution in [-0.4, -0.2) is 12.1 Å². The number of benzene rings is 6. The molecule has 0 aliphatic carbocycles. The highest BCUT2D eigenvalue weighted by Gasteiger charge is 2.25. The van der Waals surface area contributed by atoms with Crippen molar-refractivity contribution in [3.8, 4) is 22.3 Å². The predicted octanol–water partition coefficient (Wildman–Crippen LogP) is 11.7. The normalized spacial score (nSPS) is 12.0. The van der Waals surface area contributed by atoms with Crippen molar-refractivity contribution in [2.24, 2.45) is 0 Å². The highest BCUT2D eigenvalue weighted by molar-refractivity contribution is 7.39. The highest BCUT2D eigenvalue weighted by atomic mass is 31.1. The molecule has 0 fully saturated rings. The van der Waals surface area contributed by atoms with Gasteiger partial charge in [-0.05, 0) is 72.5 Å². The van der Waals surface area contributed by atoms with Crippen LogP contribution >= 0.6 is 8.16 Å². The van der Waals surface area contributed by atoms with Gasteiger partial charge in [0.1, 0.15) is 0 Å². The van der Waals surface area contributed by atoms with Crippen molar-refractivity contribution in [3.63, 3.8) is 0 Å². The van der Waals surface area contributed by atoms with Crippen molar-refractivity contribution in [2.45, 2.75) is 39.8 Å². The zero-order valence-corrected chi connectivity index (χ0v) is 25.3. The first kappa shape index (κ1) is 26.6. The molecule has 0 saturated heterocycles. The maximum absolute atomic E-state index is 7.23. The van der Waals surface area contributed by atoms with Crippen LogP contribution in [-0.2, 0) is 0 Å². The summed E-state index contributed by atoms with van der Waals surface area (Å²) in [7, 11) is -1.50. The lowest BCUT2D eigenvalue weighted by Gasteiger charge is -2.26. The topological polar surface area (TPSA) is 29.5 Å². The average molecular weight is 568 g/mol. The standard InChI is InChI=1S/C38H34NO2P/c1-25(2)39(26(3)4)42-40-37-33(27-15-7-5-8-16-27)23-29-19-11-13-21-31(29)35(37)36-32-22-14-12-20-30(32)24-34(38(36)41-42)28-17-9-6-10-18-28/h5-26H,1-4H3. The minimum atomic E-state index is -1.50. The molecule has 6 aromatic carbocycles. The Labute approximate surface area is 247 Å². The fourth-order valence-corrected chi connectivity index (χ4v) is 7.92. The van der Waals surface area contributed by atoms with Crippen molar-refractivity contribution in [1.82, 2.24) is 0 Å². The quantitative estimate of drug-likeness (QED) is 0.207. The van der Waals surface area contributed by atoms with Crippen LogP contribution in [0.2, 0.25) is 0 Å². The summed E-state index contributed by atoms with van der Waals surface area (Å²) in [5.41, 5.74) is 6.17. The summed E-state index contributed by atoms with van der Waals surface area (Å²) >= 11 is 0. The zero-order valence-electron chi connectivity index (χ0n) is 24.4. The van der Waals surface area contributed by atoms with Crippen LogP contribution in [0.25, 0.3) is 65.7 Å². The molecule has 4 heteroatoms. The molecule has 0 spiro atoms. The summed E-state index contributed by atoms with van der Waals surface area (Å²) in [6, 6.07) is 43.5. The maximum Gasteiger partial charge on any atom is 0.310 e. The summed E-state index contributed by atoms with van der Waals surface area (Å²) in [4.78, 5) is 0. The Morgan fingerprint density at radius 2 is 0.881 bits per heavy atom. The van der Waals surface area contributed by atoms with Gasteiger partial charge >= 0.3 is 8.16 Å². The summed E-state index contributed by atoms with van der Waals surface area (Å²) in [5.74, 6) is 0. The first-order chi connectivity index (χ1) is 20.5. The number of rotatable bonds is 5. The van der Waals surface area contributed by atoms with Gasteiger partial charge in [-0.15, -0.1) is 0 Å². The van der Waals surface area contributed by atoms with E-state index in [1.54, 1.807) is 0 Å². The molecule has 0 N–H and O–H groups in total. The third-order valence-electron chi connectivity index (χ3n) is 8.01. The van der Waals surface area contributed by atoms with Gasteiger partial charge in [-0.1, -0.05) is 109 Å². The van der Waals surface area contributed by atoms with E-state index in [4.69, 9.17) is 8.39 Å². The van der Waals surface area contributed by atoms with Gasteiger partial charge in [0.05, 0.1) is 0 Å². The SMILES string of the molecule is CC(C)N(C(C)C)p1oc2c(-c3ccccc3)cc3ccccc3c2c2c(o1)c(-c1ccccc1)cc1ccccc12. The molecule has 208 valence electrons. The van der Waals surface area contributed by atoms with Crippen molar-refractivity contribution < 1.29 is 8.39 Å². The van der Waals surface area contributed by atoms with Gasteiger partial charge in [0.2, 0.25) is 0 Å². The van der Waals surface area contributed by atoms with Crippen LogP contribution in [0.1, 0.15) is 27.7 Å². The smallest absolute Gasteiger partial charge is 0.310 e. The Bertz CT molecular complexity index is 1950. The molecule has 1 aromatic heterocycles. The summed E-state index contributed by atoms with van der Waals surface area (Å²) in [5, 5.41) is 6.85. The van der Waals surface area contributed by atoms with Crippen LogP contribution in [0.3, 0.4) is 0 Å². The summed E-state index contributed by atoms with van der Waals surface area (Å²) in [6.07, 6.45) is 0. The molecule has 0 atom stereocenters. The van der Waals surface area contributed by atoms with Crippen molar-refractivity contribution in [2.75, 3.05) is 4.67 Å². The Kier molecular flexibility index (Phi) is 6.86. The lowest BCUT2D eigenvalue weighted by Crippen LogP contribution is -2.34. The van der Waals surface area contributed by atoms with E-state index in [9.17, 15) is 0 Å². The van der Waals surface area contributed by atoms with Crippen LogP contribution < -0.4 is 4.67 Å². The van der Waals surface area contributed by atoms with E-state index in [2.05, 4.69) is 154 Å². The number of nitrogens with zero attached hydrogens (tertiary/aromatic N) is 1. The molecule has 7 rings (SSSR count). The first-order valence-electron chi connectivity index (χ1n) is 14.7. The largest absolute Gasteiger partial charge is 0.407 e. The Morgan fingerprint density at radius 1 is 0.500 bits per heavy atom. The predicted molar refractivity (Wildman–Crippen MR) is 181 cm³/mol. The molecular formula is C38H34NO2P. The van der Waals surface area contributed by atoms with Crippen molar-refractivity contribution in [3.05, 3.63) is 121 Å². The van der Waals surface area contributed by atoms with Gasteiger partial charge in [0, 0.05) is 34.0 Å². The molecule has 0 radical (unpaired) electrons. The second-order valence-corrected chi connectivity index (χ2v) is 12.7. The molecule has 0 bridgehead atoms. The van der Waals surface area contributed by atoms with Gasteiger partial charge in [-0.25, -0.2) is 0 Å². The van der Waals surface area contributed by atoms with E-state index < -0.39 is 8.16 Å². The number of hydrogen-bond acceptors (Lipinski definition) is 3. The second kappa shape index (κ2) is 10.8. The molecule has 3 nitrogen and oxygen atoms in total. The van der Waals surface area contributed by atoms with Crippen LogP contribution in [0.4, 0.5) is 0 Å².